The summed E-state index contributed by atoms with van der Waals surface area (Å²) < 4.78 is 27.4. The molecule has 0 saturated heterocycles. The summed E-state index contributed by atoms with van der Waals surface area (Å²) in [5, 5.41) is 6.05. The predicted molar refractivity (Wildman–Crippen MR) is 136 cm³/mol. The Labute approximate surface area is 206 Å². The number of nitrogens with one attached hydrogen (secondary N) is 2. The van der Waals surface area contributed by atoms with Crippen LogP contribution in [0.25, 0.3) is 16.9 Å². The molecule has 5 aromatic rings. The van der Waals surface area contributed by atoms with E-state index in [1.165, 1.54) is 12.1 Å². The SMILES string of the molecule is COc1ccc(Nc2nc(-c3cc(NC(=O)c4ccccc4)ccc3F)cn3ccnc23)cc1OC. The number of fused-ring (bicyclic) bond motifs is 1. The van der Waals surface area contributed by atoms with Gasteiger partial charge in [-0.15, -0.1) is 0 Å². The number of amides is 1. The monoisotopic (exact) mass is 483 g/mol. The van der Waals surface area contributed by atoms with Crippen LogP contribution < -0.4 is 20.1 Å². The van der Waals surface area contributed by atoms with Crippen molar-refractivity contribution in [2.45, 2.75) is 0 Å². The molecule has 180 valence electrons. The van der Waals surface area contributed by atoms with Gasteiger partial charge in [-0.3, -0.25) is 4.79 Å². The maximum Gasteiger partial charge on any atom is 0.255 e. The lowest BCUT2D eigenvalue weighted by Crippen LogP contribution is -2.11. The first-order valence-electron chi connectivity index (χ1n) is 11.0. The predicted octanol–water partition coefficient (Wildman–Crippen LogP) is 5.55. The van der Waals surface area contributed by atoms with Crippen molar-refractivity contribution < 1.29 is 18.7 Å². The van der Waals surface area contributed by atoms with Gasteiger partial charge in [0.1, 0.15) is 5.82 Å². The average Bonchev–Trinajstić information content (AvgIpc) is 3.39. The van der Waals surface area contributed by atoms with Crippen LogP contribution in [0.5, 0.6) is 11.5 Å². The van der Waals surface area contributed by atoms with Crippen LogP contribution in [0.4, 0.5) is 21.6 Å². The fourth-order valence-corrected chi connectivity index (χ4v) is 3.79. The molecule has 0 aliphatic rings. The molecular weight excluding hydrogens is 461 g/mol. The summed E-state index contributed by atoms with van der Waals surface area (Å²) >= 11 is 0. The van der Waals surface area contributed by atoms with Gasteiger partial charge in [-0.05, 0) is 42.5 Å². The highest BCUT2D eigenvalue weighted by molar-refractivity contribution is 6.04. The van der Waals surface area contributed by atoms with Crippen LogP contribution in [0, 0.1) is 5.82 Å². The van der Waals surface area contributed by atoms with E-state index < -0.39 is 5.82 Å². The molecule has 0 aliphatic heterocycles. The summed E-state index contributed by atoms with van der Waals surface area (Å²) in [7, 11) is 3.12. The number of halogens is 1. The summed E-state index contributed by atoms with van der Waals surface area (Å²) in [5.41, 5.74) is 2.78. The van der Waals surface area contributed by atoms with Gasteiger partial charge in [-0.2, -0.15) is 0 Å². The summed E-state index contributed by atoms with van der Waals surface area (Å²) in [5.74, 6) is 0.791. The zero-order valence-corrected chi connectivity index (χ0v) is 19.5. The van der Waals surface area contributed by atoms with Gasteiger partial charge in [-0.1, -0.05) is 18.2 Å². The Hall–Kier alpha value is -4.92. The van der Waals surface area contributed by atoms with Crippen LogP contribution in [-0.4, -0.2) is 34.5 Å². The number of benzene rings is 3. The Morgan fingerprint density at radius 3 is 2.50 bits per heavy atom. The van der Waals surface area contributed by atoms with Gasteiger partial charge in [0.25, 0.3) is 5.91 Å². The minimum atomic E-state index is -0.475. The maximum atomic E-state index is 15.0. The highest BCUT2D eigenvalue weighted by Gasteiger charge is 2.15. The van der Waals surface area contributed by atoms with E-state index in [-0.39, 0.29) is 11.5 Å². The summed E-state index contributed by atoms with van der Waals surface area (Å²) in [4.78, 5) is 21.6. The summed E-state index contributed by atoms with van der Waals surface area (Å²) in [6.45, 7) is 0. The van der Waals surface area contributed by atoms with Crippen molar-refractivity contribution in [1.82, 2.24) is 14.4 Å². The van der Waals surface area contributed by atoms with E-state index >= 15 is 0 Å². The Balaban J connectivity index is 1.51. The fraction of sp³-hybridized carbons (Fsp3) is 0.0741. The minimum Gasteiger partial charge on any atom is -0.493 e. The van der Waals surface area contributed by atoms with Gasteiger partial charge in [0.05, 0.1) is 19.9 Å². The van der Waals surface area contributed by atoms with Gasteiger partial charge in [-0.25, -0.2) is 14.4 Å². The fourth-order valence-electron chi connectivity index (χ4n) is 3.79. The summed E-state index contributed by atoms with van der Waals surface area (Å²) in [6.07, 6.45) is 5.07. The molecule has 0 saturated carbocycles. The van der Waals surface area contributed by atoms with E-state index in [4.69, 9.17) is 9.47 Å². The van der Waals surface area contributed by atoms with Crippen LogP contribution >= 0.6 is 0 Å². The van der Waals surface area contributed by atoms with E-state index in [1.54, 1.807) is 79.7 Å². The molecule has 9 heteroatoms. The standard InChI is InChI=1S/C27H22FN5O3/c1-35-23-11-9-19(15-24(23)36-2)30-25-26-29-12-13-33(26)16-22(32-25)20-14-18(8-10-21(20)28)31-27(34)17-6-4-3-5-7-17/h3-16H,1-2H3,(H,30,32)(H,31,34). The molecule has 36 heavy (non-hydrogen) atoms. The quantitative estimate of drug-likeness (QED) is 0.316. The first-order chi connectivity index (χ1) is 17.6. The number of hydrogen-bond donors (Lipinski definition) is 2. The van der Waals surface area contributed by atoms with Gasteiger partial charge in [0, 0.05) is 47.2 Å². The molecule has 0 radical (unpaired) electrons. The molecule has 2 heterocycles. The van der Waals surface area contributed by atoms with E-state index in [9.17, 15) is 9.18 Å². The van der Waals surface area contributed by atoms with E-state index in [0.29, 0.717) is 45.6 Å². The van der Waals surface area contributed by atoms with E-state index in [0.717, 1.165) is 0 Å². The molecule has 0 atom stereocenters. The first-order valence-corrected chi connectivity index (χ1v) is 11.0. The third-order valence-corrected chi connectivity index (χ3v) is 5.56. The van der Waals surface area contributed by atoms with Crippen molar-refractivity contribution in [2.24, 2.45) is 0 Å². The number of imidazole rings is 1. The number of carbonyl (C=O) groups is 1. The topological polar surface area (TPSA) is 89.8 Å². The van der Waals surface area contributed by atoms with Crippen molar-refractivity contribution >= 4 is 28.7 Å². The second kappa shape index (κ2) is 9.75. The van der Waals surface area contributed by atoms with Crippen LogP contribution in [0.1, 0.15) is 10.4 Å². The Morgan fingerprint density at radius 2 is 1.72 bits per heavy atom. The van der Waals surface area contributed by atoms with Crippen LogP contribution in [0.2, 0.25) is 0 Å². The van der Waals surface area contributed by atoms with Gasteiger partial charge in [0.15, 0.2) is 23.0 Å². The van der Waals surface area contributed by atoms with Crippen molar-refractivity contribution in [3.05, 3.63) is 96.7 Å². The lowest BCUT2D eigenvalue weighted by atomic mass is 10.1. The molecule has 2 aromatic heterocycles. The van der Waals surface area contributed by atoms with Crippen LogP contribution in [0.15, 0.2) is 85.3 Å². The number of nitrogens with zero attached hydrogens (tertiary/aromatic N) is 3. The minimum absolute atomic E-state index is 0.229. The van der Waals surface area contributed by atoms with E-state index in [2.05, 4.69) is 20.6 Å². The zero-order chi connectivity index (χ0) is 25.1. The largest absolute Gasteiger partial charge is 0.493 e. The number of anilines is 3. The van der Waals surface area contributed by atoms with Crippen LogP contribution in [-0.2, 0) is 0 Å². The third-order valence-electron chi connectivity index (χ3n) is 5.56. The summed E-state index contributed by atoms with van der Waals surface area (Å²) in [6, 6.07) is 18.5. The van der Waals surface area contributed by atoms with Gasteiger partial charge >= 0.3 is 0 Å². The highest BCUT2D eigenvalue weighted by atomic mass is 19.1. The van der Waals surface area contributed by atoms with Gasteiger partial charge in [0.2, 0.25) is 0 Å². The lowest BCUT2D eigenvalue weighted by molar-refractivity contribution is 0.102. The smallest absolute Gasteiger partial charge is 0.255 e. The van der Waals surface area contributed by atoms with Crippen molar-refractivity contribution in [1.29, 1.82) is 0 Å². The van der Waals surface area contributed by atoms with Crippen LogP contribution in [0.3, 0.4) is 0 Å². The van der Waals surface area contributed by atoms with Crippen molar-refractivity contribution in [3.8, 4) is 22.8 Å². The Morgan fingerprint density at radius 1 is 0.944 bits per heavy atom. The molecule has 0 bridgehead atoms. The molecule has 1 amide bonds. The number of carbonyl (C=O) groups excluding carboxylic acids is 1. The Kier molecular flexibility index (Phi) is 6.19. The number of aromatic nitrogens is 3. The molecule has 0 spiro atoms. The molecular formula is C27H22FN5O3. The van der Waals surface area contributed by atoms with E-state index in [1.807, 2.05) is 12.1 Å². The number of hydrogen-bond acceptors (Lipinski definition) is 6. The third kappa shape index (κ3) is 4.54. The highest BCUT2D eigenvalue weighted by Crippen LogP contribution is 2.33. The number of rotatable bonds is 7. The average molecular weight is 484 g/mol. The molecule has 2 N–H and O–H groups in total. The molecule has 8 nitrogen and oxygen atoms in total. The maximum absolute atomic E-state index is 15.0. The normalized spacial score (nSPS) is 10.8. The lowest BCUT2D eigenvalue weighted by Gasteiger charge is -2.13. The molecule has 5 rings (SSSR count). The second-order valence-electron chi connectivity index (χ2n) is 7.84. The molecule has 0 unspecified atom stereocenters. The molecule has 0 fully saturated rings. The van der Waals surface area contributed by atoms with Gasteiger partial charge < -0.3 is 24.5 Å². The Bertz CT molecular complexity index is 1550. The molecule has 3 aromatic carbocycles. The number of methoxy groups -OCH3 is 2. The molecule has 0 aliphatic carbocycles. The first kappa shape index (κ1) is 22.9. The van der Waals surface area contributed by atoms with Crippen molar-refractivity contribution in [2.75, 3.05) is 24.9 Å². The van der Waals surface area contributed by atoms with Crippen molar-refractivity contribution in [3.63, 3.8) is 0 Å². The number of ether oxygens (including phenoxy) is 2. The second-order valence-corrected chi connectivity index (χ2v) is 7.84. The zero-order valence-electron chi connectivity index (χ0n) is 19.5.